The summed E-state index contributed by atoms with van der Waals surface area (Å²) in [4.78, 5) is 10.6. The molecule has 0 aromatic rings. The smallest absolute Gasteiger partial charge is 0.306 e. The maximum Gasteiger partial charge on any atom is 0.306 e. The fraction of sp³-hybridized carbons (Fsp3) is 0.417. The van der Waals surface area contributed by atoms with E-state index in [2.05, 4.69) is 13.2 Å². The van der Waals surface area contributed by atoms with Gasteiger partial charge in [-0.05, 0) is 18.4 Å². The van der Waals surface area contributed by atoms with Crippen LogP contribution in [0.2, 0.25) is 0 Å². The predicted octanol–water partition coefficient (Wildman–Crippen LogP) is 2.11. The van der Waals surface area contributed by atoms with E-state index in [4.69, 9.17) is 10.8 Å². The lowest BCUT2D eigenvalue weighted by Gasteiger charge is -2.14. The van der Waals surface area contributed by atoms with Crippen LogP contribution in [0.15, 0.2) is 37.0 Å². The predicted molar refractivity (Wildman–Crippen MR) is 62.5 cm³/mol. The third-order valence-electron chi connectivity index (χ3n) is 2.17. The molecule has 0 aliphatic rings. The highest BCUT2D eigenvalue weighted by molar-refractivity contribution is 5.69. The second kappa shape index (κ2) is 7.01. The summed E-state index contributed by atoms with van der Waals surface area (Å²) in [6, 6.07) is -0.153. The van der Waals surface area contributed by atoms with Crippen LogP contribution in [0.4, 0.5) is 0 Å². The van der Waals surface area contributed by atoms with Gasteiger partial charge in [0.05, 0.1) is 5.92 Å². The summed E-state index contributed by atoms with van der Waals surface area (Å²) in [7, 11) is 0. The first kappa shape index (κ1) is 13.7. The summed E-state index contributed by atoms with van der Waals surface area (Å²) >= 11 is 0. The number of rotatable bonds is 7. The maximum absolute atomic E-state index is 10.6. The fourth-order valence-electron chi connectivity index (χ4n) is 1.31. The van der Waals surface area contributed by atoms with E-state index < -0.39 is 11.9 Å². The zero-order valence-electron chi connectivity index (χ0n) is 9.15. The molecular formula is C12H19NO2. The molecule has 0 aliphatic heterocycles. The standard InChI is InChI=1S/C12H19NO2/c1-4-6-10(5-2)8-11(13)7-9(3)12(14)15/h4-6,9,11H,1-2,7-8,13H2,3H3,(H,14,15)/b10-6+. The van der Waals surface area contributed by atoms with Gasteiger partial charge in [-0.1, -0.05) is 38.3 Å². The van der Waals surface area contributed by atoms with Gasteiger partial charge in [-0.2, -0.15) is 0 Å². The van der Waals surface area contributed by atoms with Gasteiger partial charge < -0.3 is 10.8 Å². The van der Waals surface area contributed by atoms with E-state index >= 15 is 0 Å². The Labute approximate surface area is 91.0 Å². The molecule has 0 aliphatic carbocycles. The molecule has 0 rings (SSSR count). The molecule has 3 N–H and O–H groups in total. The van der Waals surface area contributed by atoms with Crippen LogP contribution < -0.4 is 5.73 Å². The van der Waals surface area contributed by atoms with Gasteiger partial charge in [-0.25, -0.2) is 0 Å². The van der Waals surface area contributed by atoms with Crippen molar-refractivity contribution in [3.05, 3.63) is 37.0 Å². The van der Waals surface area contributed by atoms with Crippen molar-refractivity contribution in [3.8, 4) is 0 Å². The van der Waals surface area contributed by atoms with Crippen molar-refractivity contribution in [2.24, 2.45) is 11.7 Å². The van der Waals surface area contributed by atoms with Gasteiger partial charge in [0.15, 0.2) is 0 Å². The van der Waals surface area contributed by atoms with Crippen LogP contribution in [0, 0.1) is 5.92 Å². The molecule has 15 heavy (non-hydrogen) atoms. The molecule has 84 valence electrons. The Morgan fingerprint density at radius 2 is 2.13 bits per heavy atom. The normalized spacial score (nSPS) is 15.5. The van der Waals surface area contributed by atoms with Crippen molar-refractivity contribution >= 4 is 5.97 Å². The van der Waals surface area contributed by atoms with Gasteiger partial charge in [0.2, 0.25) is 0 Å². The highest BCUT2D eigenvalue weighted by atomic mass is 16.4. The minimum Gasteiger partial charge on any atom is -0.481 e. The summed E-state index contributed by atoms with van der Waals surface area (Å²) in [5, 5.41) is 8.72. The monoisotopic (exact) mass is 209 g/mol. The first-order valence-corrected chi connectivity index (χ1v) is 4.93. The lowest BCUT2D eigenvalue weighted by atomic mass is 9.97. The lowest BCUT2D eigenvalue weighted by molar-refractivity contribution is -0.141. The third kappa shape index (κ3) is 5.86. The average molecular weight is 209 g/mol. The lowest BCUT2D eigenvalue weighted by Crippen LogP contribution is -2.26. The van der Waals surface area contributed by atoms with Crippen molar-refractivity contribution in [3.63, 3.8) is 0 Å². The van der Waals surface area contributed by atoms with E-state index in [1.807, 2.05) is 6.08 Å². The Morgan fingerprint density at radius 1 is 1.53 bits per heavy atom. The Bertz CT molecular complexity index is 269. The second-order valence-corrected chi connectivity index (χ2v) is 3.62. The van der Waals surface area contributed by atoms with E-state index in [1.165, 1.54) is 0 Å². The molecule has 0 radical (unpaired) electrons. The van der Waals surface area contributed by atoms with Gasteiger partial charge in [0, 0.05) is 6.04 Å². The van der Waals surface area contributed by atoms with E-state index in [9.17, 15) is 4.79 Å². The minimum atomic E-state index is -0.807. The maximum atomic E-state index is 10.6. The number of carbonyl (C=O) groups is 1. The summed E-state index contributed by atoms with van der Waals surface area (Å²) in [5.74, 6) is -1.21. The number of carboxylic acids is 1. The second-order valence-electron chi connectivity index (χ2n) is 3.62. The SMILES string of the molecule is C=C/C=C(\C=C)CC(N)CC(C)C(=O)O. The number of nitrogens with two attached hydrogens (primary N) is 1. The average Bonchev–Trinajstić information content (AvgIpc) is 2.16. The molecule has 0 fully saturated rings. The van der Waals surface area contributed by atoms with Gasteiger partial charge in [-0.15, -0.1) is 0 Å². The zero-order valence-corrected chi connectivity index (χ0v) is 9.15. The minimum absolute atomic E-state index is 0.153. The molecule has 0 aromatic carbocycles. The van der Waals surface area contributed by atoms with Crippen LogP contribution in [-0.4, -0.2) is 17.1 Å². The molecule has 3 heteroatoms. The quantitative estimate of drug-likeness (QED) is 0.631. The summed E-state index contributed by atoms with van der Waals surface area (Å²) in [6.45, 7) is 8.90. The highest BCUT2D eigenvalue weighted by Gasteiger charge is 2.15. The molecule has 0 spiro atoms. The number of carboxylic acid groups (broad SMARTS) is 1. The number of hydrogen-bond donors (Lipinski definition) is 2. The topological polar surface area (TPSA) is 63.3 Å². The highest BCUT2D eigenvalue weighted by Crippen LogP contribution is 2.12. The van der Waals surface area contributed by atoms with Crippen LogP contribution in [0.25, 0.3) is 0 Å². The fourth-order valence-corrected chi connectivity index (χ4v) is 1.31. The Hall–Kier alpha value is -1.35. The molecule has 0 saturated carbocycles. The Morgan fingerprint density at radius 3 is 2.53 bits per heavy atom. The first-order valence-electron chi connectivity index (χ1n) is 4.93. The van der Waals surface area contributed by atoms with Crippen molar-refractivity contribution in [2.45, 2.75) is 25.8 Å². The number of hydrogen-bond acceptors (Lipinski definition) is 2. The zero-order chi connectivity index (χ0) is 11.8. The van der Waals surface area contributed by atoms with Crippen molar-refractivity contribution in [1.29, 1.82) is 0 Å². The van der Waals surface area contributed by atoms with E-state index in [0.29, 0.717) is 12.8 Å². The molecule has 0 bridgehead atoms. The Balaban J connectivity index is 4.18. The number of allylic oxidation sites excluding steroid dienone is 3. The molecule has 2 atom stereocenters. The molecule has 0 heterocycles. The van der Waals surface area contributed by atoms with Crippen LogP contribution in [0.3, 0.4) is 0 Å². The number of aliphatic carboxylic acids is 1. The van der Waals surface area contributed by atoms with Crippen molar-refractivity contribution in [1.82, 2.24) is 0 Å². The Kier molecular flexibility index (Phi) is 6.38. The molecule has 0 saturated heterocycles. The summed E-state index contributed by atoms with van der Waals surface area (Å²) in [6.07, 6.45) is 6.32. The van der Waals surface area contributed by atoms with Crippen LogP contribution >= 0.6 is 0 Å². The van der Waals surface area contributed by atoms with E-state index in [-0.39, 0.29) is 6.04 Å². The van der Waals surface area contributed by atoms with Crippen molar-refractivity contribution in [2.75, 3.05) is 0 Å². The molecule has 3 nitrogen and oxygen atoms in total. The van der Waals surface area contributed by atoms with Crippen LogP contribution in [0.5, 0.6) is 0 Å². The van der Waals surface area contributed by atoms with Crippen LogP contribution in [0.1, 0.15) is 19.8 Å². The van der Waals surface area contributed by atoms with E-state index in [0.717, 1.165) is 5.57 Å². The van der Waals surface area contributed by atoms with Crippen LogP contribution in [-0.2, 0) is 4.79 Å². The molecule has 2 unspecified atom stereocenters. The molecule has 0 aromatic heterocycles. The molecular weight excluding hydrogens is 190 g/mol. The largest absolute Gasteiger partial charge is 0.481 e. The van der Waals surface area contributed by atoms with Gasteiger partial charge >= 0.3 is 5.97 Å². The van der Waals surface area contributed by atoms with Gasteiger partial charge in [0.25, 0.3) is 0 Å². The third-order valence-corrected chi connectivity index (χ3v) is 2.17. The van der Waals surface area contributed by atoms with Gasteiger partial charge in [0.1, 0.15) is 0 Å². The summed E-state index contributed by atoms with van der Waals surface area (Å²) < 4.78 is 0. The summed E-state index contributed by atoms with van der Waals surface area (Å²) in [5.41, 5.74) is 6.81. The van der Waals surface area contributed by atoms with Crippen molar-refractivity contribution < 1.29 is 9.90 Å². The first-order chi connectivity index (χ1) is 7.01. The van der Waals surface area contributed by atoms with E-state index in [1.54, 1.807) is 19.1 Å². The molecule has 0 amide bonds. The van der Waals surface area contributed by atoms with Gasteiger partial charge in [-0.3, -0.25) is 4.79 Å².